The van der Waals surface area contributed by atoms with Crippen LogP contribution in [0.5, 0.6) is 0 Å². The molecular weight excluding hydrogens is 250 g/mol. The fourth-order valence-corrected chi connectivity index (χ4v) is 2.89. The van der Waals surface area contributed by atoms with Crippen molar-refractivity contribution in [1.29, 1.82) is 0 Å². The maximum absolute atomic E-state index is 3.53. The molecule has 1 aromatic carbocycles. The molecule has 19 heavy (non-hydrogen) atoms. The van der Waals surface area contributed by atoms with Crippen molar-refractivity contribution in [2.75, 3.05) is 6.54 Å². The Morgan fingerprint density at radius 3 is 2.42 bits per heavy atom. The third kappa shape index (κ3) is 4.81. The summed E-state index contributed by atoms with van der Waals surface area (Å²) in [7, 11) is 0. The molecular formula is C17H23NS. The van der Waals surface area contributed by atoms with Crippen molar-refractivity contribution in [2.45, 2.75) is 33.7 Å². The maximum Gasteiger partial charge on any atom is 0.0346 e. The molecule has 0 fully saturated rings. The molecule has 1 N–H and O–H groups in total. The molecule has 0 unspecified atom stereocenters. The van der Waals surface area contributed by atoms with Gasteiger partial charge in [-0.05, 0) is 36.1 Å². The van der Waals surface area contributed by atoms with Gasteiger partial charge in [0.05, 0.1) is 0 Å². The van der Waals surface area contributed by atoms with E-state index in [0.29, 0.717) is 5.41 Å². The zero-order valence-corrected chi connectivity index (χ0v) is 12.9. The fourth-order valence-electron chi connectivity index (χ4n) is 1.91. The van der Waals surface area contributed by atoms with Gasteiger partial charge in [-0.25, -0.2) is 0 Å². The highest BCUT2D eigenvalue weighted by Gasteiger charge is 2.09. The van der Waals surface area contributed by atoms with E-state index in [4.69, 9.17) is 0 Å². The Labute approximate surface area is 120 Å². The first-order chi connectivity index (χ1) is 9.04. The van der Waals surface area contributed by atoms with Gasteiger partial charge in [0.2, 0.25) is 0 Å². The predicted molar refractivity (Wildman–Crippen MR) is 85.5 cm³/mol. The van der Waals surface area contributed by atoms with Crippen LogP contribution in [0.3, 0.4) is 0 Å². The third-order valence-corrected chi connectivity index (χ3v) is 4.21. The van der Waals surface area contributed by atoms with Crippen molar-refractivity contribution in [3.8, 4) is 10.4 Å². The molecule has 0 bridgehead atoms. The molecule has 0 spiro atoms. The molecule has 0 atom stereocenters. The number of nitrogens with one attached hydrogen (secondary N) is 1. The van der Waals surface area contributed by atoms with E-state index in [1.54, 1.807) is 0 Å². The van der Waals surface area contributed by atoms with E-state index >= 15 is 0 Å². The van der Waals surface area contributed by atoms with Gasteiger partial charge in [0.15, 0.2) is 0 Å². The fraction of sp³-hybridized carbons (Fsp3) is 0.412. The summed E-state index contributed by atoms with van der Waals surface area (Å²) >= 11 is 1.88. The molecule has 1 aromatic heterocycles. The van der Waals surface area contributed by atoms with E-state index in [1.807, 2.05) is 11.3 Å². The lowest BCUT2D eigenvalue weighted by atomic mass is 9.92. The smallest absolute Gasteiger partial charge is 0.0346 e. The normalized spacial score (nSPS) is 11.7. The Morgan fingerprint density at radius 2 is 1.74 bits per heavy atom. The van der Waals surface area contributed by atoms with Crippen LogP contribution in [0.25, 0.3) is 10.4 Å². The highest BCUT2D eigenvalue weighted by atomic mass is 32.1. The molecule has 2 rings (SSSR count). The second-order valence-electron chi connectivity index (χ2n) is 6.12. The van der Waals surface area contributed by atoms with Crippen molar-refractivity contribution in [3.63, 3.8) is 0 Å². The van der Waals surface area contributed by atoms with Gasteiger partial charge in [-0.1, -0.05) is 51.1 Å². The second-order valence-corrected chi connectivity index (χ2v) is 7.29. The van der Waals surface area contributed by atoms with Crippen molar-refractivity contribution in [1.82, 2.24) is 5.32 Å². The molecule has 102 valence electrons. The molecule has 0 aliphatic carbocycles. The van der Waals surface area contributed by atoms with E-state index in [2.05, 4.69) is 68.6 Å². The zero-order valence-electron chi connectivity index (χ0n) is 12.1. The minimum atomic E-state index is 0.414. The van der Waals surface area contributed by atoms with Gasteiger partial charge in [0.25, 0.3) is 0 Å². The topological polar surface area (TPSA) is 12.0 Å². The lowest BCUT2D eigenvalue weighted by molar-refractivity contribution is 0.367. The van der Waals surface area contributed by atoms with E-state index in [-0.39, 0.29) is 0 Å². The monoisotopic (exact) mass is 273 g/mol. The maximum atomic E-state index is 3.53. The molecule has 0 saturated carbocycles. The van der Waals surface area contributed by atoms with Crippen LogP contribution in [0.15, 0.2) is 42.5 Å². The van der Waals surface area contributed by atoms with Gasteiger partial charge in [-0.3, -0.25) is 0 Å². The standard InChI is InChI=1S/C17H23NS/c1-17(2,3)11-12-18-13-15-9-10-16(19-15)14-7-5-4-6-8-14/h4-10,18H,11-13H2,1-3H3. The van der Waals surface area contributed by atoms with Crippen LogP contribution in [0.1, 0.15) is 32.1 Å². The van der Waals surface area contributed by atoms with Crippen molar-refractivity contribution in [3.05, 3.63) is 47.3 Å². The molecule has 0 aliphatic heterocycles. The molecule has 2 aromatic rings. The predicted octanol–water partition coefficient (Wildman–Crippen LogP) is 4.94. The summed E-state index contributed by atoms with van der Waals surface area (Å²) in [4.78, 5) is 2.76. The van der Waals surface area contributed by atoms with Gasteiger partial charge in [0, 0.05) is 16.3 Å². The average molecular weight is 273 g/mol. The molecule has 1 nitrogen and oxygen atoms in total. The molecule has 2 heteroatoms. The Hall–Kier alpha value is -1.12. The molecule has 0 radical (unpaired) electrons. The van der Waals surface area contributed by atoms with Crippen molar-refractivity contribution in [2.24, 2.45) is 5.41 Å². The van der Waals surface area contributed by atoms with Crippen LogP contribution in [-0.4, -0.2) is 6.54 Å². The number of hydrogen-bond donors (Lipinski definition) is 1. The zero-order chi connectivity index (χ0) is 13.7. The Morgan fingerprint density at radius 1 is 1.00 bits per heavy atom. The van der Waals surface area contributed by atoms with Crippen molar-refractivity contribution >= 4 is 11.3 Å². The van der Waals surface area contributed by atoms with E-state index < -0.39 is 0 Å². The number of benzene rings is 1. The minimum Gasteiger partial charge on any atom is -0.312 e. The Kier molecular flexibility index (Phi) is 4.78. The summed E-state index contributed by atoms with van der Waals surface area (Å²) < 4.78 is 0. The molecule has 0 saturated heterocycles. The number of rotatable bonds is 5. The van der Waals surface area contributed by atoms with Crippen LogP contribution >= 0.6 is 11.3 Å². The Bertz CT molecular complexity index is 493. The first-order valence-corrected chi connectivity index (χ1v) is 7.71. The van der Waals surface area contributed by atoms with Gasteiger partial charge >= 0.3 is 0 Å². The first kappa shape index (κ1) is 14.3. The molecule has 0 aliphatic rings. The summed E-state index contributed by atoms with van der Waals surface area (Å²) in [6, 6.07) is 15.0. The van der Waals surface area contributed by atoms with Crippen LogP contribution in [-0.2, 0) is 6.54 Å². The lowest BCUT2D eigenvalue weighted by Gasteiger charge is -2.17. The van der Waals surface area contributed by atoms with Gasteiger partial charge in [0.1, 0.15) is 0 Å². The highest BCUT2D eigenvalue weighted by Crippen LogP contribution is 2.27. The van der Waals surface area contributed by atoms with Crippen LogP contribution < -0.4 is 5.32 Å². The van der Waals surface area contributed by atoms with E-state index in [1.165, 1.54) is 21.7 Å². The summed E-state index contributed by atoms with van der Waals surface area (Å²) in [5.74, 6) is 0. The largest absolute Gasteiger partial charge is 0.312 e. The lowest BCUT2D eigenvalue weighted by Crippen LogP contribution is -2.19. The van der Waals surface area contributed by atoms with Crippen LogP contribution in [0.2, 0.25) is 0 Å². The first-order valence-electron chi connectivity index (χ1n) is 6.89. The van der Waals surface area contributed by atoms with Gasteiger partial charge in [-0.15, -0.1) is 11.3 Å². The second kappa shape index (κ2) is 6.36. The highest BCUT2D eigenvalue weighted by molar-refractivity contribution is 7.15. The van der Waals surface area contributed by atoms with Crippen LogP contribution in [0, 0.1) is 5.41 Å². The SMILES string of the molecule is CC(C)(C)CCNCc1ccc(-c2ccccc2)s1. The van der Waals surface area contributed by atoms with Gasteiger partial charge < -0.3 is 5.32 Å². The van der Waals surface area contributed by atoms with Crippen molar-refractivity contribution < 1.29 is 0 Å². The summed E-state index contributed by atoms with van der Waals surface area (Å²) in [6.45, 7) is 8.92. The third-order valence-electron chi connectivity index (χ3n) is 3.07. The molecule has 0 amide bonds. The minimum absolute atomic E-state index is 0.414. The van der Waals surface area contributed by atoms with E-state index in [0.717, 1.165) is 13.1 Å². The number of thiophene rings is 1. The van der Waals surface area contributed by atoms with E-state index in [9.17, 15) is 0 Å². The number of hydrogen-bond acceptors (Lipinski definition) is 2. The Balaban J connectivity index is 1.85. The molecule has 1 heterocycles. The summed E-state index contributed by atoms with van der Waals surface area (Å²) in [5, 5.41) is 3.53. The summed E-state index contributed by atoms with van der Waals surface area (Å²) in [6.07, 6.45) is 1.21. The summed E-state index contributed by atoms with van der Waals surface area (Å²) in [5.41, 5.74) is 1.73. The van der Waals surface area contributed by atoms with Crippen LogP contribution in [0.4, 0.5) is 0 Å². The average Bonchev–Trinajstić information content (AvgIpc) is 2.83. The quantitative estimate of drug-likeness (QED) is 0.761. The van der Waals surface area contributed by atoms with Gasteiger partial charge in [-0.2, -0.15) is 0 Å².